The molecule has 0 heterocycles. The van der Waals surface area contributed by atoms with Crippen molar-refractivity contribution in [2.45, 2.75) is 12.1 Å². The molecule has 1 heteroatoms. The maximum absolute atomic E-state index is 4.76. The van der Waals surface area contributed by atoms with Crippen molar-refractivity contribution in [1.82, 2.24) is 0 Å². The van der Waals surface area contributed by atoms with E-state index in [0.717, 1.165) is 6.42 Å². The van der Waals surface area contributed by atoms with E-state index in [-0.39, 0.29) is 0 Å². The average molecular weight is 278 g/mol. The first-order chi connectivity index (χ1) is 9.82. The van der Waals surface area contributed by atoms with E-state index in [0.29, 0.717) is 5.66 Å². The van der Waals surface area contributed by atoms with Crippen molar-refractivity contribution in [1.29, 1.82) is 0 Å². The van der Waals surface area contributed by atoms with E-state index < -0.39 is 6.89 Å². The van der Waals surface area contributed by atoms with Gasteiger partial charge in [-0.15, -0.1) is 0 Å². The van der Waals surface area contributed by atoms with Gasteiger partial charge in [0, 0.05) is 5.66 Å². The molecule has 0 aromatic heterocycles. The Morgan fingerprint density at radius 2 is 1.35 bits per heavy atom. The smallest absolute Gasteiger partial charge is 0.00769 e. The van der Waals surface area contributed by atoms with Gasteiger partial charge in [0.2, 0.25) is 0 Å². The Balaban J connectivity index is 2.16. The summed E-state index contributed by atoms with van der Waals surface area (Å²) in [5.74, 6) is 0. The molecule has 0 aliphatic heterocycles. The van der Waals surface area contributed by atoms with Crippen molar-refractivity contribution in [3.8, 4) is 0 Å². The molecule has 1 aliphatic rings. The molecule has 0 spiro atoms. The van der Waals surface area contributed by atoms with Gasteiger partial charge in [0.15, 0.2) is 0 Å². The molecule has 100 valence electrons. The lowest BCUT2D eigenvalue weighted by molar-refractivity contribution is 1.05. The quantitative estimate of drug-likeness (QED) is 0.745. The fraction of sp³-hybridized carbons (Fsp3) is 0.105. The van der Waals surface area contributed by atoms with E-state index in [4.69, 9.17) is 6.30 Å². The summed E-state index contributed by atoms with van der Waals surface area (Å²) in [6.45, 7) is -1.64. The Morgan fingerprint density at radius 1 is 0.800 bits per heavy atom. The molecular weight excluding hydrogens is 259 g/mol. The van der Waals surface area contributed by atoms with Gasteiger partial charge in [-0.1, -0.05) is 98.2 Å². The van der Waals surface area contributed by atoms with Gasteiger partial charge in [0.25, 0.3) is 0 Å². The van der Waals surface area contributed by atoms with Crippen LogP contribution in [0, 0.1) is 0 Å². The predicted molar refractivity (Wildman–Crippen MR) is 92.9 cm³/mol. The van der Waals surface area contributed by atoms with Crippen LogP contribution in [-0.2, 0) is 0 Å². The van der Waals surface area contributed by atoms with Gasteiger partial charge < -0.3 is 0 Å². The lowest BCUT2D eigenvalue weighted by atomic mass is 10.2. The Labute approximate surface area is 121 Å². The van der Waals surface area contributed by atoms with Crippen LogP contribution in [0.1, 0.15) is 6.42 Å². The summed E-state index contributed by atoms with van der Waals surface area (Å²) in [5.41, 5.74) is 0.497. The SMILES string of the molecule is C=P(c1ccccc1)(c1ccccc1)C1C=CC=CC1. The van der Waals surface area contributed by atoms with Crippen molar-refractivity contribution >= 4 is 23.8 Å². The highest BCUT2D eigenvalue weighted by Gasteiger charge is 2.27. The maximum atomic E-state index is 4.76. The second kappa shape index (κ2) is 5.69. The molecule has 0 bridgehead atoms. The van der Waals surface area contributed by atoms with E-state index in [1.54, 1.807) is 0 Å². The second-order valence-corrected chi connectivity index (χ2v) is 8.59. The molecule has 0 N–H and O–H groups in total. The van der Waals surface area contributed by atoms with Crippen LogP contribution in [0.5, 0.6) is 0 Å². The molecule has 1 atom stereocenters. The van der Waals surface area contributed by atoms with Crippen molar-refractivity contribution in [2.24, 2.45) is 0 Å². The van der Waals surface area contributed by atoms with Crippen LogP contribution >= 0.6 is 6.89 Å². The molecule has 0 radical (unpaired) electrons. The van der Waals surface area contributed by atoms with Gasteiger partial charge in [0.05, 0.1) is 0 Å². The van der Waals surface area contributed by atoms with Gasteiger partial charge in [-0.05, 0) is 17.0 Å². The molecule has 0 fully saturated rings. The minimum atomic E-state index is -1.64. The molecule has 2 aromatic rings. The Morgan fingerprint density at radius 3 is 1.80 bits per heavy atom. The van der Waals surface area contributed by atoms with E-state index in [1.165, 1.54) is 10.6 Å². The van der Waals surface area contributed by atoms with Crippen LogP contribution in [-0.4, -0.2) is 12.0 Å². The van der Waals surface area contributed by atoms with E-state index in [2.05, 4.69) is 85.0 Å². The first kappa shape index (κ1) is 13.2. The average Bonchev–Trinajstić information content (AvgIpc) is 2.56. The summed E-state index contributed by atoms with van der Waals surface area (Å²) in [5, 5.41) is 2.77. The molecule has 0 amide bonds. The summed E-state index contributed by atoms with van der Waals surface area (Å²) in [6.07, 6.45) is 14.7. The summed E-state index contributed by atoms with van der Waals surface area (Å²) in [7, 11) is 0. The van der Waals surface area contributed by atoms with E-state index in [9.17, 15) is 0 Å². The molecule has 3 rings (SSSR count). The highest BCUT2D eigenvalue weighted by molar-refractivity contribution is 7.88. The molecule has 0 saturated heterocycles. The number of hydrogen-bond acceptors (Lipinski definition) is 0. The third-order valence-corrected chi connectivity index (χ3v) is 7.91. The summed E-state index contributed by atoms with van der Waals surface area (Å²) >= 11 is 0. The third kappa shape index (κ3) is 2.32. The summed E-state index contributed by atoms with van der Waals surface area (Å²) in [4.78, 5) is 0. The Hall–Kier alpha value is -1.78. The largest absolute Gasteiger partial charge is 0.0921 e. The summed E-state index contributed by atoms with van der Waals surface area (Å²) in [6, 6.07) is 21.6. The number of benzene rings is 2. The normalized spacial score (nSPS) is 18.1. The molecule has 20 heavy (non-hydrogen) atoms. The lowest BCUT2D eigenvalue weighted by Gasteiger charge is -2.33. The van der Waals surface area contributed by atoms with Gasteiger partial charge in [-0.2, -0.15) is 0 Å². The zero-order chi connectivity index (χ0) is 13.8. The fourth-order valence-electron chi connectivity index (χ4n) is 2.81. The van der Waals surface area contributed by atoms with E-state index in [1.807, 2.05) is 0 Å². The fourth-order valence-corrected chi connectivity index (χ4v) is 6.16. The highest BCUT2D eigenvalue weighted by Crippen LogP contribution is 2.50. The first-order valence-electron chi connectivity index (χ1n) is 6.99. The maximum Gasteiger partial charge on any atom is 0.00769 e. The Bertz CT molecular complexity index is 622. The zero-order valence-corrected chi connectivity index (χ0v) is 12.4. The van der Waals surface area contributed by atoms with Crippen molar-refractivity contribution in [3.63, 3.8) is 0 Å². The van der Waals surface area contributed by atoms with Gasteiger partial charge >= 0.3 is 0 Å². The van der Waals surface area contributed by atoms with Crippen LogP contribution in [0.3, 0.4) is 0 Å². The summed E-state index contributed by atoms with van der Waals surface area (Å²) < 4.78 is 0. The second-order valence-electron chi connectivity index (χ2n) is 5.16. The number of allylic oxidation sites excluding steroid dienone is 4. The van der Waals surface area contributed by atoms with Crippen LogP contribution in [0.25, 0.3) is 0 Å². The van der Waals surface area contributed by atoms with Crippen molar-refractivity contribution in [3.05, 3.63) is 85.0 Å². The number of rotatable bonds is 3. The first-order valence-corrected chi connectivity index (χ1v) is 9.04. The molecule has 1 aliphatic carbocycles. The minimum Gasteiger partial charge on any atom is -0.0921 e. The molecule has 1 unspecified atom stereocenters. The monoisotopic (exact) mass is 278 g/mol. The van der Waals surface area contributed by atoms with Crippen molar-refractivity contribution < 1.29 is 0 Å². The van der Waals surface area contributed by atoms with Crippen molar-refractivity contribution in [2.75, 3.05) is 0 Å². The van der Waals surface area contributed by atoms with Gasteiger partial charge in [-0.25, -0.2) is 0 Å². The Kier molecular flexibility index (Phi) is 3.76. The molecule has 0 nitrogen and oxygen atoms in total. The highest BCUT2D eigenvalue weighted by atomic mass is 31.2. The lowest BCUT2D eigenvalue weighted by Crippen LogP contribution is -2.25. The number of hydrogen-bond donors (Lipinski definition) is 0. The predicted octanol–water partition coefficient (Wildman–Crippen LogP) is 3.97. The topological polar surface area (TPSA) is 0 Å². The van der Waals surface area contributed by atoms with Gasteiger partial charge in [0.1, 0.15) is 0 Å². The molecule has 0 saturated carbocycles. The molecule has 2 aromatic carbocycles. The van der Waals surface area contributed by atoms with Gasteiger partial charge in [-0.3, -0.25) is 0 Å². The molecular formula is C19H19P. The van der Waals surface area contributed by atoms with Crippen LogP contribution < -0.4 is 10.6 Å². The van der Waals surface area contributed by atoms with Crippen LogP contribution in [0.2, 0.25) is 0 Å². The van der Waals surface area contributed by atoms with Crippen LogP contribution in [0.15, 0.2) is 85.0 Å². The van der Waals surface area contributed by atoms with Crippen LogP contribution in [0.4, 0.5) is 0 Å². The van der Waals surface area contributed by atoms with E-state index >= 15 is 0 Å². The minimum absolute atomic E-state index is 0.497. The zero-order valence-electron chi connectivity index (χ0n) is 11.5. The standard InChI is InChI=1S/C19H19P/c1-20(17-11-5-2-6-12-17,18-13-7-3-8-14-18)19-15-9-4-10-16-19/h2-15,19H,1,16H2. The third-order valence-electron chi connectivity index (χ3n) is 3.96.